The number of rotatable bonds is 5. The number of pyridine rings is 1. The fourth-order valence-electron chi connectivity index (χ4n) is 4.38. The van der Waals surface area contributed by atoms with Crippen molar-refractivity contribution in [2.24, 2.45) is 5.92 Å². The van der Waals surface area contributed by atoms with Gasteiger partial charge in [0.15, 0.2) is 0 Å². The van der Waals surface area contributed by atoms with Crippen molar-refractivity contribution in [3.8, 4) is 0 Å². The van der Waals surface area contributed by atoms with Gasteiger partial charge >= 0.3 is 6.09 Å². The van der Waals surface area contributed by atoms with E-state index in [-0.39, 0.29) is 29.9 Å². The van der Waals surface area contributed by atoms with Crippen molar-refractivity contribution >= 4 is 11.9 Å². The molecule has 2 bridgehead atoms. The number of nitrogens with zero attached hydrogens (tertiary/aromatic N) is 2. The molecule has 4 rings (SSSR count). The third-order valence-corrected chi connectivity index (χ3v) is 5.73. The zero-order chi connectivity index (χ0) is 18.6. The predicted molar refractivity (Wildman–Crippen MR) is 101 cm³/mol. The molecule has 0 N–H and O–H groups in total. The maximum Gasteiger partial charge on any atom is 0.410 e. The maximum atomic E-state index is 12.7. The first-order valence-corrected chi connectivity index (χ1v) is 9.61. The van der Waals surface area contributed by atoms with Crippen LogP contribution in [-0.4, -0.2) is 33.8 Å². The summed E-state index contributed by atoms with van der Waals surface area (Å²) in [6, 6.07) is 13.7. The molecule has 140 valence electrons. The summed E-state index contributed by atoms with van der Waals surface area (Å²) >= 11 is 0. The summed E-state index contributed by atoms with van der Waals surface area (Å²) in [6.07, 6.45) is 7.07. The minimum Gasteiger partial charge on any atom is -0.445 e. The SMILES string of the molecule is O=C(Cc1ccncc1)C1CC2CCC(C1)N2C(=O)OCc1ccccc1. The van der Waals surface area contributed by atoms with E-state index < -0.39 is 0 Å². The van der Waals surface area contributed by atoms with E-state index in [2.05, 4.69) is 4.98 Å². The summed E-state index contributed by atoms with van der Waals surface area (Å²) in [6.45, 7) is 0.292. The van der Waals surface area contributed by atoms with Gasteiger partial charge in [-0.15, -0.1) is 0 Å². The number of ether oxygens (including phenoxy) is 1. The number of amides is 1. The Morgan fingerprint density at radius 1 is 0.963 bits per heavy atom. The van der Waals surface area contributed by atoms with E-state index in [0.29, 0.717) is 13.0 Å². The molecule has 0 spiro atoms. The average Bonchev–Trinajstić information content (AvgIpc) is 2.97. The Morgan fingerprint density at radius 3 is 2.30 bits per heavy atom. The van der Waals surface area contributed by atoms with Crippen molar-refractivity contribution < 1.29 is 14.3 Å². The number of fused-ring (bicyclic) bond motifs is 2. The Balaban J connectivity index is 1.34. The minimum atomic E-state index is -0.244. The predicted octanol–water partition coefficient (Wildman–Crippen LogP) is 3.77. The van der Waals surface area contributed by atoms with Crippen molar-refractivity contribution in [1.82, 2.24) is 9.88 Å². The van der Waals surface area contributed by atoms with Gasteiger partial charge in [-0.25, -0.2) is 4.79 Å². The molecule has 2 saturated heterocycles. The highest BCUT2D eigenvalue weighted by Gasteiger charge is 2.45. The summed E-state index contributed by atoms with van der Waals surface area (Å²) in [5, 5.41) is 0. The van der Waals surface area contributed by atoms with Crippen molar-refractivity contribution in [3.63, 3.8) is 0 Å². The molecule has 2 aliphatic rings. The van der Waals surface area contributed by atoms with Gasteiger partial charge in [0, 0.05) is 36.8 Å². The normalized spacial score (nSPS) is 23.9. The van der Waals surface area contributed by atoms with E-state index in [4.69, 9.17) is 4.74 Å². The zero-order valence-electron chi connectivity index (χ0n) is 15.3. The second-order valence-corrected chi connectivity index (χ2v) is 7.50. The third-order valence-electron chi connectivity index (χ3n) is 5.73. The van der Waals surface area contributed by atoms with E-state index in [1.165, 1.54) is 0 Å². The lowest BCUT2D eigenvalue weighted by Crippen LogP contribution is -2.48. The summed E-state index contributed by atoms with van der Waals surface area (Å²) in [4.78, 5) is 31.2. The molecule has 2 aromatic rings. The van der Waals surface area contributed by atoms with Crippen LogP contribution in [0.25, 0.3) is 0 Å². The molecular formula is C22H24N2O3. The first-order valence-electron chi connectivity index (χ1n) is 9.61. The van der Waals surface area contributed by atoms with Crippen LogP contribution in [0.4, 0.5) is 4.79 Å². The van der Waals surface area contributed by atoms with Gasteiger partial charge in [0.1, 0.15) is 12.4 Å². The summed E-state index contributed by atoms with van der Waals surface area (Å²) in [7, 11) is 0. The van der Waals surface area contributed by atoms with Crippen molar-refractivity contribution in [2.45, 2.75) is 50.8 Å². The Hall–Kier alpha value is -2.69. The van der Waals surface area contributed by atoms with Crippen LogP contribution in [0.3, 0.4) is 0 Å². The Labute approximate surface area is 159 Å². The quantitative estimate of drug-likeness (QED) is 0.810. The molecule has 1 amide bonds. The van der Waals surface area contributed by atoms with Crippen LogP contribution in [0.1, 0.15) is 36.8 Å². The molecule has 5 nitrogen and oxygen atoms in total. The average molecular weight is 364 g/mol. The number of hydrogen-bond acceptors (Lipinski definition) is 4. The topological polar surface area (TPSA) is 59.5 Å². The van der Waals surface area contributed by atoms with Gasteiger partial charge in [-0.1, -0.05) is 30.3 Å². The van der Waals surface area contributed by atoms with Crippen LogP contribution < -0.4 is 0 Å². The highest BCUT2D eigenvalue weighted by Crippen LogP contribution is 2.39. The molecule has 2 unspecified atom stereocenters. The fraction of sp³-hybridized carbons (Fsp3) is 0.409. The number of carbonyl (C=O) groups excluding carboxylic acids is 2. The smallest absolute Gasteiger partial charge is 0.410 e. The molecule has 3 heterocycles. The van der Waals surface area contributed by atoms with E-state index in [1.807, 2.05) is 47.4 Å². The molecule has 27 heavy (non-hydrogen) atoms. The number of benzene rings is 1. The first-order chi connectivity index (χ1) is 13.2. The van der Waals surface area contributed by atoms with E-state index in [9.17, 15) is 9.59 Å². The van der Waals surface area contributed by atoms with Gasteiger partial charge in [-0.3, -0.25) is 9.78 Å². The zero-order valence-corrected chi connectivity index (χ0v) is 15.3. The number of piperidine rings is 1. The molecule has 2 fully saturated rings. The molecule has 2 atom stereocenters. The monoisotopic (exact) mass is 364 g/mol. The molecule has 1 aromatic carbocycles. The fourth-order valence-corrected chi connectivity index (χ4v) is 4.38. The van der Waals surface area contributed by atoms with Crippen LogP contribution in [0.15, 0.2) is 54.9 Å². The summed E-state index contributed by atoms with van der Waals surface area (Å²) < 4.78 is 5.53. The number of hydrogen-bond donors (Lipinski definition) is 0. The summed E-state index contributed by atoms with van der Waals surface area (Å²) in [5.41, 5.74) is 1.99. The lowest BCUT2D eigenvalue weighted by Gasteiger charge is -2.37. The molecule has 2 aliphatic heterocycles. The van der Waals surface area contributed by atoms with Gasteiger partial charge in [0.2, 0.25) is 0 Å². The standard InChI is InChI=1S/C22H24N2O3/c25-21(12-16-8-10-23-11-9-16)18-13-19-6-7-20(14-18)24(19)22(26)27-15-17-4-2-1-3-5-17/h1-5,8-11,18-20H,6-7,12-15H2. The number of Topliss-reactive ketones (excluding diaryl/α,β-unsaturated/α-hetero) is 1. The van der Waals surface area contributed by atoms with Gasteiger partial charge in [0.25, 0.3) is 0 Å². The van der Waals surface area contributed by atoms with Crippen molar-refractivity contribution in [1.29, 1.82) is 0 Å². The molecule has 0 aliphatic carbocycles. The second-order valence-electron chi connectivity index (χ2n) is 7.50. The largest absolute Gasteiger partial charge is 0.445 e. The number of carbonyl (C=O) groups is 2. The molecule has 1 aromatic heterocycles. The summed E-state index contributed by atoms with van der Waals surface area (Å²) in [5.74, 6) is 0.309. The molecule has 0 saturated carbocycles. The molecule has 0 radical (unpaired) electrons. The van der Waals surface area contributed by atoms with Gasteiger partial charge in [0.05, 0.1) is 0 Å². The second kappa shape index (κ2) is 7.91. The molecular weight excluding hydrogens is 340 g/mol. The number of aromatic nitrogens is 1. The van der Waals surface area contributed by atoms with Crippen molar-refractivity contribution in [2.75, 3.05) is 0 Å². The maximum absolute atomic E-state index is 12.7. The highest BCUT2D eigenvalue weighted by molar-refractivity contribution is 5.84. The van der Waals surface area contributed by atoms with E-state index in [1.54, 1.807) is 12.4 Å². The van der Waals surface area contributed by atoms with Crippen LogP contribution in [0.2, 0.25) is 0 Å². The Bertz CT molecular complexity index is 780. The Morgan fingerprint density at radius 2 is 1.63 bits per heavy atom. The van der Waals surface area contributed by atoms with Gasteiger partial charge in [-0.2, -0.15) is 0 Å². The third kappa shape index (κ3) is 4.02. The first kappa shape index (κ1) is 17.7. The minimum absolute atomic E-state index is 0.0360. The number of ketones is 1. The lowest BCUT2D eigenvalue weighted by atomic mass is 9.85. The lowest BCUT2D eigenvalue weighted by molar-refractivity contribution is -0.124. The van der Waals surface area contributed by atoms with Crippen LogP contribution >= 0.6 is 0 Å². The Kier molecular flexibility index (Phi) is 5.19. The van der Waals surface area contributed by atoms with Gasteiger partial charge in [-0.05, 0) is 48.9 Å². The van der Waals surface area contributed by atoms with E-state index in [0.717, 1.165) is 36.8 Å². The van der Waals surface area contributed by atoms with Crippen LogP contribution in [0.5, 0.6) is 0 Å². The highest BCUT2D eigenvalue weighted by atomic mass is 16.6. The van der Waals surface area contributed by atoms with Crippen LogP contribution in [-0.2, 0) is 22.6 Å². The molecule has 5 heteroatoms. The van der Waals surface area contributed by atoms with Crippen LogP contribution in [0, 0.1) is 5.92 Å². The van der Waals surface area contributed by atoms with E-state index >= 15 is 0 Å². The van der Waals surface area contributed by atoms with Gasteiger partial charge < -0.3 is 9.64 Å². The van der Waals surface area contributed by atoms with Crippen molar-refractivity contribution in [3.05, 3.63) is 66.0 Å².